The van der Waals surface area contributed by atoms with E-state index < -0.39 is 0 Å². The molecule has 0 fully saturated rings. The van der Waals surface area contributed by atoms with Crippen LogP contribution in [0.1, 0.15) is 25.3 Å². The lowest BCUT2D eigenvalue weighted by Gasteiger charge is -2.23. The molecule has 0 radical (unpaired) electrons. The first kappa shape index (κ1) is 8.42. The van der Waals surface area contributed by atoms with Crippen molar-refractivity contribution in [3.63, 3.8) is 0 Å². The van der Waals surface area contributed by atoms with Crippen molar-refractivity contribution < 1.29 is 4.74 Å². The monoisotopic (exact) mass is 177 g/mol. The molecule has 0 atom stereocenters. The van der Waals surface area contributed by atoms with Gasteiger partial charge in [0, 0.05) is 6.54 Å². The molecule has 1 N–H and O–H groups in total. The number of fused-ring (bicyclic) bond motifs is 1. The zero-order chi connectivity index (χ0) is 9.26. The molecule has 0 unspecified atom stereocenters. The van der Waals surface area contributed by atoms with Crippen LogP contribution >= 0.6 is 0 Å². The lowest BCUT2D eigenvalue weighted by Crippen LogP contribution is -2.19. The molecule has 0 aliphatic carbocycles. The van der Waals surface area contributed by atoms with Gasteiger partial charge in [0.25, 0.3) is 0 Å². The van der Waals surface area contributed by atoms with Gasteiger partial charge < -0.3 is 10.1 Å². The minimum Gasteiger partial charge on any atom is -0.490 e. The van der Waals surface area contributed by atoms with Gasteiger partial charge in [0.2, 0.25) is 0 Å². The van der Waals surface area contributed by atoms with Gasteiger partial charge in [0.05, 0.1) is 5.69 Å². The molecule has 1 heterocycles. The van der Waals surface area contributed by atoms with Gasteiger partial charge >= 0.3 is 0 Å². The van der Waals surface area contributed by atoms with Crippen molar-refractivity contribution >= 4 is 5.69 Å². The molecular weight excluding hydrogens is 162 g/mol. The summed E-state index contributed by atoms with van der Waals surface area (Å²) < 4.78 is 5.55. The van der Waals surface area contributed by atoms with E-state index >= 15 is 0 Å². The van der Waals surface area contributed by atoms with Crippen LogP contribution in [0.3, 0.4) is 0 Å². The number of hydrogen-bond acceptors (Lipinski definition) is 2. The molecule has 2 heteroatoms. The highest BCUT2D eigenvalue weighted by Crippen LogP contribution is 2.34. The third-order valence-electron chi connectivity index (χ3n) is 2.34. The van der Waals surface area contributed by atoms with E-state index in [9.17, 15) is 0 Å². The number of nitrogens with one attached hydrogen (secondary N) is 1. The Labute approximate surface area is 78.9 Å². The summed E-state index contributed by atoms with van der Waals surface area (Å²) in [6, 6.07) is 6.24. The minimum absolute atomic E-state index is 0.546. The highest BCUT2D eigenvalue weighted by Gasteiger charge is 2.14. The Kier molecular flexibility index (Phi) is 2.13. The topological polar surface area (TPSA) is 21.3 Å². The summed E-state index contributed by atoms with van der Waals surface area (Å²) >= 11 is 0. The molecular formula is C11H15NO. The molecule has 1 aliphatic heterocycles. The fraction of sp³-hybridized carbons (Fsp3) is 0.455. The number of para-hydroxylation sites is 1. The van der Waals surface area contributed by atoms with E-state index in [1.54, 1.807) is 0 Å². The van der Waals surface area contributed by atoms with Gasteiger partial charge in [-0.2, -0.15) is 0 Å². The van der Waals surface area contributed by atoms with Crippen LogP contribution in [0.25, 0.3) is 0 Å². The SMILES string of the molecule is CC(C)c1cccc2c1NCCO2. The van der Waals surface area contributed by atoms with Crippen LogP contribution in [0.15, 0.2) is 18.2 Å². The first-order valence-corrected chi connectivity index (χ1v) is 4.78. The normalized spacial score (nSPS) is 14.7. The molecule has 0 spiro atoms. The summed E-state index contributed by atoms with van der Waals surface area (Å²) in [5, 5.41) is 3.39. The van der Waals surface area contributed by atoms with Crippen LogP contribution in [0.5, 0.6) is 5.75 Å². The smallest absolute Gasteiger partial charge is 0.142 e. The molecule has 0 amide bonds. The summed E-state index contributed by atoms with van der Waals surface area (Å²) in [7, 11) is 0. The molecule has 0 saturated heterocycles. The summed E-state index contributed by atoms with van der Waals surface area (Å²) in [6.07, 6.45) is 0. The second-order valence-electron chi connectivity index (χ2n) is 3.65. The van der Waals surface area contributed by atoms with Gasteiger partial charge in [0.15, 0.2) is 0 Å². The highest BCUT2D eigenvalue weighted by atomic mass is 16.5. The lowest BCUT2D eigenvalue weighted by molar-refractivity contribution is 0.322. The number of anilines is 1. The third-order valence-corrected chi connectivity index (χ3v) is 2.34. The molecule has 2 nitrogen and oxygen atoms in total. The van der Waals surface area contributed by atoms with Gasteiger partial charge in [-0.05, 0) is 17.5 Å². The summed E-state index contributed by atoms with van der Waals surface area (Å²) in [6.45, 7) is 6.09. The summed E-state index contributed by atoms with van der Waals surface area (Å²) in [5.41, 5.74) is 2.53. The van der Waals surface area contributed by atoms with E-state index in [1.165, 1.54) is 11.3 Å². The van der Waals surface area contributed by atoms with Crippen molar-refractivity contribution in [2.24, 2.45) is 0 Å². The van der Waals surface area contributed by atoms with Gasteiger partial charge in [-0.15, -0.1) is 0 Å². The van der Waals surface area contributed by atoms with Gasteiger partial charge in [-0.25, -0.2) is 0 Å². The first-order valence-electron chi connectivity index (χ1n) is 4.78. The molecule has 13 heavy (non-hydrogen) atoms. The fourth-order valence-corrected chi connectivity index (χ4v) is 1.68. The van der Waals surface area contributed by atoms with E-state index in [2.05, 4.69) is 31.3 Å². The predicted molar refractivity (Wildman–Crippen MR) is 54.5 cm³/mol. The second-order valence-corrected chi connectivity index (χ2v) is 3.65. The second kappa shape index (κ2) is 3.29. The summed E-state index contributed by atoms with van der Waals surface area (Å²) in [4.78, 5) is 0. The molecule has 0 bridgehead atoms. The molecule has 70 valence electrons. The van der Waals surface area contributed by atoms with Gasteiger partial charge in [-0.3, -0.25) is 0 Å². The summed E-state index contributed by atoms with van der Waals surface area (Å²) in [5.74, 6) is 1.54. The van der Waals surface area contributed by atoms with Crippen LogP contribution < -0.4 is 10.1 Å². The molecule has 0 saturated carbocycles. The fourth-order valence-electron chi connectivity index (χ4n) is 1.68. The van der Waals surface area contributed by atoms with Crippen LogP contribution in [-0.2, 0) is 0 Å². The number of hydrogen-bond donors (Lipinski definition) is 1. The molecule has 1 aromatic rings. The number of rotatable bonds is 1. The van der Waals surface area contributed by atoms with Crippen molar-refractivity contribution in [2.45, 2.75) is 19.8 Å². The Balaban J connectivity index is 2.46. The van der Waals surface area contributed by atoms with Crippen molar-refractivity contribution in [1.82, 2.24) is 0 Å². The van der Waals surface area contributed by atoms with E-state index in [1.807, 2.05) is 6.07 Å². The third kappa shape index (κ3) is 1.48. The number of ether oxygens (including phenoxy) is 1. The maximum Gasteiger partial charge on any atom is 0.142 e. The Hall–Kier alpha value is -1.18. The van der Waals surface area contributed by atoms with Crippen LogP contribution in [0, 0.1) is 0 Å². The average Bonchev–Trinajstić information content (AvgIpc) is 2.17. The molecule has 0 aromatic heterocycles. The first-order chi connectivity index (χ1) is 6.29. The molecule has 1 aromatic carbocycles. The zero-order valence-corrected chi connectivity index (χ0v) is 8.13. The van der Waals surface area contributed by atoms with Crippen LogP contribution in [0.2, 0.25) is 0 Å². The maximum atomic E-state index is 5.55. The van der Waals surface area contributed by atoms with Crippen molar-refractivity contribution in [1.29, 1.82) is 0 Å². The largest absolute Gasteiger partial charge is 0.490 e. The Morgan fingerprint density at radius 2 is 2.23 bits per heavy atom. The van der Waals surface area contributed by atoms with Gasteiger partial charge in [0.1, 0.15) is 12.4 Å². The average molecular weight is 177 g/mol. The van der Waals surface area contributed by atoms with Crippen LogP contribution in [0.4, 0.5) is 5.69 Å². The zero-order valence-electron chi connectivity index (χ0n) is 8.13. The van der Waals surface area contributed by atoms with E-state index in [4.69, 9.17) is 4.74 Å². The standard InChI is InChI=1S/C11H15NO/c1-8(2)9-4-3-5-10-11(9)12-6-7-13-10/h3-5,8,12H,6-7H2,1-2H3. The van der Waals surface area contributed by atoms with Crippen LogP contribution in [-0.4, -0.2) is 13.2 Å². The van der Waals surface area contributed by atoms with E-state index in [0.717, 1.165) is 18.9 Å². The van der Waals surface area contributed by atoms with E-state index in [0.29, 0.717) is 5.92 Å². The quantitative estimate of drug-likeness (QED) is 0.712. The molecule has 1 aliphatic rings. The predicted octanol–water partition coefficient (Wildman–Crippen LogP) is 2.61. The highest BCUT2D eigenvalue weighted by molar-refractivity contribution is 5.64. The Morgan fingerprint density at radius 3 is 3.00 bits per heavy atom. The Morgan fingerprint density at radius 1 is 1.38 bits per heavy atom. The van der Waals surface area contributed by atoms with Crippen molar-refractivity contribution in [2.75, 3.05) is 18.5 Å². The Bertz CT molecular complexity index is 307. The molecule has 2 rings (SSSR count). The number of benzene rings is 1. The maximum absolute atomic E-state index is 5.55. The van der Waals surface area contributed by atoms with Crippen molar-refractivity contribution in [3.05, 3.63) is 23.8 Å². The lowest BCUT2D eigenvalue weighted by atomic mass is 10.00. The van der Waals surface area contributed by atoms with Gasteiger partial charge in [-0.1, -0.05) is 26.0 Å². The van der Waals surface area contributed by atoms with E-state index in [-0.39, 0.29) is 0 Å². The minimum atomic E-state index is 0.546. The van der Waals surface area contributed by atoms with Crippen molar-refractivity contribution in [3.8, 4) is 5.75 Å².